The Morgan fingerprint density at radius 3 is 2.74 bits per heavy atom. The number of hydrogen-bond acceptors (Lipinski definition) is 7. The molecule has 6 aromatic rings. The zero-order valence-corrected chi connectivity index (χ0v) is 17.2. The number of aromatic amines is 2. The lowest BCUT2D eigenvalue weighted by molar-refractivity contribution is 1.09. The van der Waals surface area contributed by atoms with Crippen molar-refractivity contribution in [2.75, 3.05) is 5.73 Å². The maximum atomic E-state index is 5.89. The first kappa shape index (κ1) is 17.7. The predicted octanol–water partition coefficient (Wildman–Crippen LogP) is 4.58. The number of nitrogens with two attached hydrogens (primary N) is 1. The molecule has 0 amide bonds. The van der Waals surface area contributed by atoms with E-state index in [-0.39, 0.29) is 0 Å². The second-order valence-electron chi connectivity index (χ2n) is 7.25. The molecule has 150 valence electrons. The second-order valence-corrected chi connectivity index (χ2v) is 8.54. The van der Waals surface area contributed by atoms with E-state index in [2.05, 4.69) is 49.2 Å². The number of nitrogen functional groups attached to an aromatic ring is 1. The van der Waals surface area contributed by atoms with Gasteiger partial charge in [-0.3, -0.25) is 15.1 Å². The summed E-state index contributed by atoms with van der Waals surface area (Å²) in [6.07, 6.45) is 6.95. The second kappa shape index (κ2) is 6.71. The molecule has 31 heavy (non-hydrogen) atoms. The highest BCUT2D eigenvalue weighted by atomic mass is 32.1. The fourth-order valence-electron chi connectivity index (χ4n) is 3.65. The summed E-state index contributed by atoms with van der Waals surface area (Å²) >= 11 is 1.70. The molecule has 8 nitrogen and oxygen atoms in total. The Balaban J connectivity index is 1.51. The molecule has 9 heteroatoms. The van der Waals surface area contributed by atoms with Crippen LogP contribution in [0.25, 0.3) is 55.3 Å². The maximum absolute atomic E-state index is 5.89. The molecular formula is C22H16N8S. The first-order valence-corrected chi connectivity index (χ1v) is 10.4. The van der Waals surface area contributed by atoms with Gasteiger partial charge in [-0.15, -0.1) is 11.3 Å². The molecule has 4 N–H and O–H groups in total. The normalized spacial score (nSPS) is 11.5. The molecule has 0 aromatic carbocycles. The van der Waals surface area contributed by atoms with Crippen molar-refractivity contribution in [3.8, 4) is 33.2 Å². The molecule has 0 fully saturated rings. The van der Waals surface area contributed by atoms with Crippen LogP contribution < -0.4 is 5.73 Å². The molecule has 6 aromatic heterocycles. The number of imidazole rings is 1. The first-order valence-electron chi connectivity index (χ1n) is 9.62. The molecule has 0 aliphatic rings. The monoisotopic (exact) mass is 424 g/mol. The van der Waals surface area contributed by atoms with Crippen LogP contribution in [-0.2, 0) is 0 Å². The lowest BCUT2D eigenvalue weighted by Gasteiger charge is -2.02. The van der Waals surface area contributed by atoms with E-state index in [9.17, 15) is 0 Å². The van der Waals surface area contributed by atoms with Crippen LogP contribution in [0.1, 0.15) is 4.88 Å². The van der Waals surface area contributed by atoms with Crippen LogP contribution in [-0.4, -0.2) is 35.1 Å². The smallest absolute Gasteiger partial charge is 0.181 e. The SMILES string of the molecule is Cc1ccc(-c2nccc3[nH]c(-c4[nH]nc5ncc(-c6cncc(N)c6)cc45)nc23)s1. The van der Waals surface area contributed by atoms with Gasteiger partial charge in [0.1, 0.15) is 16.9 Å². The lowest BCUT2D eigenvalue weighted by Crippen LogP contribution is -1.89. The minimum Gasteiger partial charge on any atom is -0.397 e. The fraction of sp³-hybridized carbons (Fsp3) is 0.0455. The highest BCUT2D eigenvalue weighted by molar-refractivity contribution is 7.15. The number of nitrogens with zero attached hydrogens (tertiary/aromatic N) is 5. The third-order valence-electron chi connectivity index (χ3n) is 5.11. The summed E-state index contributed by atoms with van der Waals surface area (Å²) in [6.45, 7) is 2.08. The molecule has 0 radical (unpaired) electrons. The van der Waals surface area contributed by atoms with Gasteiger partial charge in [-0.25, -0.2) is 9.97 Å². The summed E-state index contributed by atoms with van der Waals surface area (Å²) in [5, 5.41) is 8.29. The van der Waals surface area contributed by atoms with Gasteiger partial charge >= 0.3 is 0 Å². The van der Waals surface area contributed by atoms with Crippen LogP contribution in [0.15, 0.2) is 55.1 Å². The zero-order chi connectivity index (χ0) is 20.9. The van der Waals surface area contributed by atoms with E-state index in [0.717, 1.165) is 43.8 Å². The summed E-state index contributed by atoms with van der Waals surface area (Å²) in [6, 6.07) is 9.99. The number of fused-ring (bicyclic) bond motifs is 2. The van der Waals surface area contributed by atoms with E-state index in [0.29, 0.717) is 17.2 Å². The van der Waals surface area contributed by atoms with Crippen molar-refractivity contribution in [1.82, 2.24) is 35.1 Å². The lowest BCUT2D eigenvalue weighted by atomic mass is 10.1. The predicted molar refractivity (Wildman–Crippen MR) is 122 cm³/mol. The summed E-state index contributed by atoms with van der Waals surface area (Å²) in [7, 11) is 0. The maximum Gasteiger partial charge on any atom is 0.181 e. The molecule has 6 heterocycles. The van der Waals surface area contributed by atoms with Crippen LogP contribution in [0.2, 0.25) is 0 Å². The highest BCUT2D eigenvalue weighted by Crippen LogP contribution is 2.33. The van der Waals surface area contributed by atoms with Crippen LogP contribution in [0.5, 0.6) is 0 Å². The van der Waals surface area contributed by atoms with Crippen molar-refractivity contribution in [3.63, 3.8) is 0 Å². The number of rotatable bonds is 3. The fourth-order valence-corrected chi connectivity index (χ4v) is 4.51. The van der Waals surface area contributed by atoms with Gasteiger partial charge in [0, 0.05) is 40.8 Å². The van der Waals surface area contributed by atoms with Gasteiger partial charge in [0.05, 0.1) is 21.5 Å². The van der Waals surface area contributed by atoms with Crippen LogP contribution in [0.4, 0.5) is 5.69 Å². The van der Waals surface area contributed by atoms with E-state index < -0.39 is 0 Å². The Hall–Kier alpha value is -4.11. The van der Waals surface area contributed by atoms with Gasteiger partial charge in [-0.05, 0) is 37.3 Å². The first-order chi connectivity index (χ1) is 15.2. The quantitative estimate of drug-likeness (QED) is 0.382. The molecule has 0 aliphatic carbocycles. The van der Waals surface area contributed by atoms with Gasteiger partial charge in [-0.2, -0.15) is 5.10 Å². The van der Waals surface area contributed by atoms with Crippen molar-refractivity contribution >= 4 is 39.1 Å². The van der Waals surface area contributed by atoms with Crippen molar-refractivity contribution in [2.24, 2.45) is 0 Å². The summed E-state index contributed by atoms with van der Waals surface area (Å²) in [5.74, 6) is 0.685. The molecular weight excluding hydrogens is 408 g/mol. The van der Waals surface area contributed by atoms with Crippen LogP contribution in [0.3, 0.4) is 0 Å². The van der Waals surface area contributed by atoms with Gasteiger partial charge in [0.25, 0.3) is 0 Å². The molecule has 6 rings (SSSR count). The number of aryl methyl sites for hydroxylation is 1. The average Bonchev–Trinajstić information content (AvgIpc) is 3.50. The largest absolute Gasteiger partial charge is 0.397 e. The Kier molecular flexibility index (Phi) is 3.84. The Morgan fingerprint density at radius 2 is 1.90 bits per heavy atom. The third-order valence-corrected chi connectivity index (χ3v) is 6.12. The Bertz CT molecular complexity index is 1580. The molecule has 0 saturated heterocycles. The van der Waals surface area contributed by atoms with E-state index >= 15 is 0 Å². The number of hydrogen-bond donors (Lipinski definition) is 3. The summed E-state index contributed by atoms with van der Waals surface area (Å²) in [5.41, 5.74) is 12.3. The topological polar surface area (TPSA) is 122 Å². The van der Waals surface area contributed by atoms with Crippen molar-refractivity contribution in [1.29, 1.82) is 0 Å². The standard InChI is InChI=1S/C22H16N8S/c1-11-2-3-17(31-11)20-19-16(4-5-25-20)27-22(28-19)18-15-7-13(9-26-21(15)30-29-18)12-6-14(23)10-24-8-12/h2-10H,23H2,1H3,(H,27,28)(H,26,29,30). The molecule has 0 unspecified atom stereocenters. The number of nitrogens with one attached hydrogen (secondary N) is 2. The molecule has 0 atom stereocenters. The van der Waals surface area contributed by atoms with Crippen molar-refractivity contribution in [3.05, 3.63) is 60.0 Å². The van der Waals surface area contributed by atoms with E-state index in [1.165, 1.54) is 4.88 Å². The molecule has 0 aliphatic heterocycles. The number of pyridine rings is 3. The molecule has 0 saturated carbocycles. The zero-order valence-electron chi connectivity index (χ0n) is 16.4. The van der Waals surface area contributed by atoms with Crippen LogP contribution >= 0.6 is 11.3 Å². The van der Waals surface area contributed by atoms with E-state index in [4.69, 9.17) is 10.7 Å². The van der Waals surface area contributed by atoms with E-state index in [1.54, 1.807) is 36.1 Å². The molecule has 0 bridgehead atoms. The summed E-state index contributed by atoms with van der Waals surface area (Å²) < 4.78 is 0. The van der Waals surface area contributed by atoms with Gasteiger partial charge < -0.3 is 10.7 Å². The van der Waals surface area contributed by atoms with Crippen molar-refractivity contribution < 1.29 is 0 Å². The van der Waals surface area contributed by atoms with E-state index in [1.807, 2.05) is 18.2 Å². The number of H-pyrrole nitrogens is 2. The highest BCUT2D eigenvalue weighted by Gasteiger charge is 2.17. The number of thiophene rings is 1. The number of anilines is 1. The van der Waals surface area contributed by atoms with Gasteiger partial charge in [0.2, 0.25) is 0 Å². The average molecular weight is 424 g/mol. The van der Waals surface area contributed by atoms with Gasteiger partial charge in [-0.1, -0.05) is 0 Å². The summed E-state index contributed by atoms with van der Waals surface area (Å²) in [4.78, 5) is 23.8. The third kappa shape index (κ3) is 2.94. The van der Waals surface area contributed by atoms with Crippen LogP contribution in [0, 0.1) is 6.92 Å². The van der Waals surface area contributed by atoms with Gasteiger partial charge in [0.15, 0.2) is 11.5 Å². The Morgan fingerprint density at radius 1 is 1.00 bits per heavy atom. The minimum atomic E-state index is 0.603. The number of aromatic nitrogens is 7. The minimum absolute atomic E-state index is 0.603. The Labute approximate surface area is 180 Å². The molecule has 0 spiro atoms. The van der Waals surface area contributed by atoms with Crippen molar-refractivity contribution in [2.45, 2.75) is 6.92 Å².